The van der Waals surface area contributed by atoms with Crippen LogP contribution >= 0.6 is 0 Å². The Morgan fingerprint density at radius 1 is 1.29 bits per heavy atom. The first-order chi connectivity index (χ1) is 11.8. The Balaban J connectivity index is 1.46. The van der Waals surface area contributed by atoms with Crippen molar-refractivity contribution in [1.82, 2.24) is 14.7 Å². The summed E-state index contributed by atoms with van der Waals surface area (Å²) >= 11 is 0. The summed E-state index contributed by atoms with van der Waals surface area (Å²) in [6.45, 7) is 1.97. The molecule has 1 atom stereocenters. The molecule has 1 aromatic heterocycles. The smallest absolute Gasteiger partial charge is 0.226 e. The molecule has 6 heteroatoms. The maximum absolute atomic E-state index is 12.5. The van der Waals surface area contributed by atoms with Crippen LogP contribution in [0.25, 0.3) is 0 Å². The number of amides is 1. The lowest BCUT2D eigenvalue weighted by Crippen LogP contribution is -2.38. The molecule has 0 N–H and O–H groups in total. The van der Waals surface area contributed by atoms with Crippen molar-refractivity contribution >= 4 is 5.91 Å². The van der Waals surface area contributed by atoms with Crippen LogP contribution in [0.2, 0.25) is 0 Å². The third kappa shape index (κ3) is 4.07. The van der Waals surface area contributed by atoms with E-state index >= 15 is 0 Å². The number of carbonyl (C=O) groups is 1. The summed E-state index contributed by atoms with van der Waals surface area (Å²) in [7, 11) is 1.63. The number of aromatic nitrogens is 2. The molecular weight excluding hydrogens is 306 g/mol. The van der Waals surface area contributed by atoms with Crippen molar-refractivity contribution in [1.29, 1.82) is 0 Å². The number of ether oxygens (including phenoxy) is 2. The van der Waals surface area contributed by atoms with Gasteiger partial charge >= 0.3 is 0 Å². The van der Waals surface area contributed by atoms with E-state index in [0.717, 1.165) is 37.4 Å². The zero-order chi connectivity index (χ0) is 16.8. The molecular formula is C18H23N3O3. The Labute approximate surface area is 142 Å². The fourth-order valence-corrected chi connectivity index (χ4v) is 3.05. The van der Waals surface area contributed by atoms with Gasteiger partial charge < -0.3 is 14.4 Å². The van der Waals surface area contributed by atoms with Crippen LogP contribution in [0.4, 0.5) is 0 Å². The predicted octanol–water partition coefficient (Wildman–Crippen LogP) is 2.35. The van der Waals surface area contributed by atoms with E-state index < -0.39 is 0 Å². The minimum atomic E-state index is 0.151. The zero-order valence-corrected chi connectivity index (χ0v) is 13.9. The maximum Gasteiger partial charge on any atom is 0.226 e. The van der Waals surface area contributed by atoms with Gasteiger partial charge in [-0.3, -0.25) is 9.48 Å². The number of nitrogens with zero attached hydrogens (tertiary/aromatic N) is 3. The number of rotatable bonds is 7. The first kappa shape index (κ1) is 16.4. The molecule has 1 aromatic carbocycles. The monoisotopic (exact) mass is 329 g/mol. The fraction of sp³-hybridized carbons (Fsp3) is 0.444. The van der Waals surface area contributed by atoms with E-state index in [2.05, 4.69) is 5.10 Å². The lowest BCUT2D eigenvalue weighted by molar-refractivity contribution is -0.132. The average Bonchev–Trinajstić information content (AvgIpc) is 3.28. The van der Waals surface area contributed by atoms with Crippen LogP contribution in [0, 0.1) is 0 Å². The summed E-state index contributed by atoms with van der Waals surface area (Å²) in [4.78, 5) is 14.4. The molecule has 1 aliphatic heterocycles. The number of carbonyl (C=O) groups excluding carboxylic acids is 1. The van der Waals surface area contributed by atoms with Gasteiger partial charge in [0.25, 0.3) is 0 Å². The minimum Gasteiger partial charge on any atom is -0.497 e. The van der Waals surface area contributed by atoms with Gasteiger partial charge in [-0.25, -0.2) is 0 Å². The summed E-state index contributed by atoms with van der Waals surface area (Å²) in [5.41, 5.74) is 0. The second-order valence-corrected chi connectivity index (χ2v) is 5.89. The first-order valence-corrected chi connectivity index (χ1v) is 8.30. The van der Waals surface area contributed by atoms with Crippen molar-refractivity contribution in [2.45, 2.75) is 31.8 Å². The molecule has 128 valence electrons. The Morgan fingerprint density at radius 3 is 2.79 bits per heavy atom. The van der Waals surface area contributed by atoms with E-state index in [1.54, 1.807) is 13.3 Å². The van der Waals surface area contributed by atoms with Crippen molar-refractivity contribution in [2.75, 3.05) is 20.3 Å². The topological polar surface area (TPSA) is 56.6 Å². The highest BCUT2D eigenvalue weighted by Crippen LogP contribution is 2.20. The molecule has 1 saturated heterocycles. The summed E-state index contributed by atoms with van der Waals surface area (Å²) in [5, 5.41) is 4.23. The molecule has 2 heterocycles. The van der Waals surface area contributed by atoms with Crippen molar-refractivity contribution < 1.29 is 14.3 Å². The fourth-order valence-electron chi connectivity index (χ4n) is 3.05. The standard InChI is InChI=1S/C18H23N3O3/c1-23-16-5-7-17(8-6-16)24-13-9-18(22)21-12-2-4-15(21)14-20-11-3-10-19-20/h3,5-8,10-11,15H,2,4,9,12-14H2,1H3. The Morgan fingerprint density at radius 2 is 2.08 bits per heavy atom. The van der Waals surface area contributed by atoms with Gasteiger partial charge in [-0.05, 0) is 43.2 Å². The molecule has 1 unspecified atom stereocenters. The van der Waals surface area contributed by atoms with Crippen molar-refractivity contribution in [3.8, 4) is 11.5 Å². The van der Waals surface area contributed by atoms with E-state index in [4.69, 9.17) is 9.47 Å². The van der Waals surface area contributed by atoms with Gasteiger partial charge in [-0.15, -0.1) is 0 Å². The van der Waals surface area contributed by atoms with E-state index in [0.29, 0.717) is 13.0 Å². The van der Waals surface area contributed by atoms with Crippen LogP contribution in [0.1, 0.15) is 19.3 Å². The van der Waals surface area contributed by atoms with E-state index in [-0.39, 0.29) is 11.9 Å². The van der Waals surface area contributed by atoms with Crippen molar-refractivity contribution in [3.05, 3.63) is 42.7 Å². The normalized spacial score (nSPS) is 17.0. The number of benzene rings is 1. The van der Waals surface area contributed by atoms with Crippen LogP contribution in [-0.4, -0.2) is 46.9 Å². The quantitative estimate of drug-likeness (QED) is 0.782. The van der Waals surface area contributed by atoms with Crippen LogP contribution in [0.5, 0.6) is 11.5 Å². The molecule has 0 radical (unpaired) electrons. The molecule has 0 bridgehead atoms. The molecule has 6 nitrogen and oxygen atoms in total. The molecule has 3 rings (SSSR count). The van der Waals surface area contributed by atoms with Gasteiger partial charge in [0, 0.05) is 18.9 Å². The Bertz CT molecular complexity index is 640. The van der Waals surface area contributed by atoms with Gasteiger partial charge in [0.1, 0.15) is 11.5 Å². The molecule has 0 saturated carbocycles. The summed E-state index contributed by atoms with van der Waals surface area (Å²) in [6, 6.07) is 9.52. The van der Waals surface area contributed by atoms with Crippen molar-refractivity contribution in [3.63, 3.8) is 0 Å². The van der Waals surface area contributed by atoms with Gasteiger partial charge in [-0.2, -0.15) is 5.10 Å². The number of methoxy groups -OCH3 is 1. The number of hydrogen-bond acceptors (Lipinski definition) is 4. The summed E-state index contributed by atoms with van der Waals surface area (Å²) < 4.78 is 12.7. The van der Waals surface area contributed by atoms with E-state index in [9.17, 15) is 4.79 Å². The van der Waals surface area contributed by atoms with Crippen LogP contribution in [0.3, 0.4) is 0 Å². The van der Waals surface area contributed by atoms with Gasteiger partial charge in [0.15, 0.2) is 0 Å². The molecule has 0 aliphatic carbocycles. The van der Waals surface area contributed by atoms with Gasteiger partial charge in [-0.1, -0.05) is 0 Å². The molecule has 0 spiro atoms. The van der Waals surface area contributed by atoms with Gasteiger partial charge in [0.05, 0.1) is 32.7 Å². The molecule has 2 aromatic rings. The lowest BCUT2D eigenvalue weighted by atomic mass is 10.2. The molecule has 1 amide bonds. The third-order valence-electron chi connectivity index (χ3n) is 4.30. The van der Waals surface area contributed by atoms with E-state index in [1.807, 2.05) is 46.1 Å². The van der Waals surface area contributed by atoms with Crippen LogP contribution in [0.15, 0.2) is 42.7 Å². The predicted molar refractivity (Wildman–Crippen MR) is 90.1 cm³/mol. The highest BCUT2D eigenvalue weighted by atomic mass is 16.5. The minimum absolute atomic E-state index is 0.151. The summed E-state index contributed by atoms with van der Waals surface area (Å²) in [6.07, 6.45) is 6.18. The first-order valence-electron chi connectivity index (χ1n) is 8.30. The second kappa shape index (κ2) is 7.86. The van der Waals surface area contributed by atoms with Crippen LogP contribution < -0.4 is 9.47 Å². The molecule has 1 fully saturated rings. The lowest BCUT2D eigenvalue weighted by Gasteiger charge is -2.24. The molecule has 1 aliphatic rings. The maximum atomic E-state index is 12.5. The van der Waals surface area contributed by atoms with E-state index in [1.165, 1.54) is 0 Å². The average molecular weight is 329 g/mol. The second-order valence-electron chi connectivity index (χ2n) is 5.89. The SMILES string of the molecule is COc1ccc(OCCC(=O)N2CCCC2Cn2cccn2)cc1. The highest BCUT2D eigenvalue weighted by Gasteiger charge is 2.28. The molecule has 24 heavy (non-hydrogen) atoms. The largest absolute Gasteiger partial charge is 0.497 e. The summed E-state index contributed by atoms with van der Waals surface area (Å²) in [5.74, 6) is 1.69. The third-order valence-corrected chi connectivity index (χ3v) is 4.30. The van der Waals surface area contributed by atoms with Crippen molar-refractivity contribution in [2.24, 2.45) is 0 Å². The number of hydrogen-bond donors (Lipinski definition) is 0. The Kier molecular flexibility index (Phi) is 5.36. The zero-order valence-electron chi connectivity index (χ0n) is 13.9. The Hall–Kier alpha value is -2.50. The highest BCUT2D eigenvalue weighted by molar-refractivity contribution is 5.77. The number of likely N-dealkylation sites (tertiary alicyclic amines) is 1. The van der Waals surface area contributed by atoms with Gasteiger partial charge in [0.2, 0.25) is 5.91 Å². The van der Waals surface area contributed by atoms with Crippen LogP contribution in [-0.2, 0) is 11.3 Å².